The second-order valence-corrected chi connectivity index (χ2v) is 6.12. The lowest BCUT2D eigenvalue weighted by atomic mass is 10.2. The van der Waals surface area contributed by atoms with Gasteiger partial charge in [-0.05, 0) is 18.2 Å². The van der Waals surface area contributed by atoms with Gasteiger partial charge in [0, 0.05) is 0 Å². The molecule has 0 aliphatic rings. The van der Waals surface area contributed by atoms with E-state index in [0.29, 0.717) is 10.1 Å². The molecule has 110 valence electrons. The van der Waals surface area contributed by atoms with E-state index in [2.05, 4.69) is 5.32 Å². The number of nitro benzene ring substituents is 1. The number of hydrogen-bond donors (Lipinski definition) is 1. The van der Waals surface area contributed by atoms with Gasteiger partial charge in [-0.15, -0.1) is 11.3 Å². The molecule has 0 spiro atoms. The van der Waals surface area contributed by atoms with E-state index >= 15 is 0 Å². The van der Waals surface area contributed by atoms with Gasteiger partial charge in [-0.25, -0.2) is 0 Å². The van der Waals surface area contributed by atoms with Crippen LogP contribution in [0, 0.1) is 10.1 Å². The van der Waals surface area contributed by atoms with Crippen molar-refractivity contribution in [2.45, 2.75) is 0 Å². The number of thiophene rings is 1. The third kappa shape index (κ3) is 3.44. The first-order valence-electron chi connectivity index (χ1n) is 5.51. The van der Waals surface area contributed by atoms with E-state index in [-0.39, 0.29) is 21.3 Å². The summed E-state index contributed by atoms with van der Waals surface area (Å²) in [5.74, 6) is -0.257. The molecule has 0 unspecified atom stereocenters. The molecule has 1 aromatic carbocycles. The Balaban J connectivity index is 2.33. The van der Waals surface area contributed by atoms with Gasteiger partial charge in [0.05, 0.1) is 28.0 Å². The number of rotatable bonds is 4. The number of halogens is 2. The summed E-state index contributed by atoms with van der Waals surface area (Å²) in [6, 6.07) is 5.51. The van der Waals surface area contributed by atoms with Crippen LogP contribution >= 0.6 is 34.5 Å². The molecule has 2 aromatic rings. The summed E-state index contributed by atoms with van der Waals surface area (Å²) >= 11 is 12.7. The fourth-order valence-corrected chi connectivity index (χ4v) is 3.04. The zero-order valence-electron chi connectivity index (χ0n) is 10.6. The molecule has 1 heterocycles. The standard InChI is InChI=1S/C12H8Cl2N2O4S/c1-20-6-2-3-8(9(4-6)16(18)19)15-12(17)7-5-10(13)21-11(7)14/h2-5H,1H3,(H,15,17). The number of hydrogen-bond acceptors (Lipinski definition) is 5. The maximum atomic E-state index is 12.1. The van der Waals surface area contributed by atoms with Crippen molar-refractivity contribution < 1.29 is 14.5 Å². The van der Waals surface area contributed by atoms with Crippen molar-refractivity contribution in [3.05, 3.63) is 48.6 Å². The molecule has 0 saturated heterocycles. The summed E-state index contributed by atoms with van der Waals surface area (Å²) in [6.45, 7) is 0. The minimum absolute atomic E-state index is 0.0455. The Labute approximate surface area is 133 Å². The predicted molar refractivity (Wildman–Crippen MR) is 81.9 cm³/mol. The highest BCUT2D eigenvalue weighted by Crippen LogP contribution is 2.33. The van der Waals surface area contributed by atoms with Gasteiger partial charge in [-0.3, -0.25) is 14.9 Å². The SMILES string of the molecule is COc1ccc(NC(=O)c2cc(Cl)sc2Cl)c([N+](=O)[O-])c1. The summed E-state index contributed by atoms with van der Waals surface area (Å²) in [4.78, 5) is 22.5. The lowest BCUT2D eigenvalue weighted by Crippen LogP contribution is -2.12. The maximum absolute atomic E-state index is 12.1. The molecular formula is C12H8Cl2N2O4S. The van der Waals surface area contributed by atoms with Gasteiger partial charge < -0.3 is 10.1 Å². The molecule has 1 aromatic heterocycles. The van der Waals surface area contributed by atoms with Crippen molar-refractivity contribution in [1.29, 1.82) is 0 Å². The van der Waals surface area contributed by atoms with Crippen LogP contribution in [0.4, 0.5) is 11.4 Å². The fraction of sp³-hybridized carbons (Fsp3) is 0.0833. The van der Waals surface area contributed by atoms with Crippen LogP contribution in [0.5, 0.6) is 5.75 Å². The molecule has 1 amide bonds. The number of nitro groups is 1. The minimum Gasteiger partial charge on any atom is -0.496 e. The number of benzene rings is 1. The molecule has 2 rings (SSSR count). The number of ether oxygens (including phenoxy) is 1. The molecule has 0 radical (unpaired) electrons. The van der Waals surface area contributed by atoms with Gasteiger partial charge >= 0.3 is 0 Å². The van der Waals surface area contributed by atoms with Gasteiger partial charge in [0.15, 0.2) is 0 Å². The van der Waals surface area contributed by atoms with Crippen LogP contribution in [0.2, 0.25) is 8.67 Å². The van der Waals surface area contributed by atoms with Gasteiger partial charge in [-0.2, -0.15) is 0 Å². The van der Waals surface area contributed by atoms with E-state index in [9.17, 15) is 14.9 Å². The second-order valence-electron chi connectivity index (χ2n) is 3.83. The molecule has 0 saturated carbocycles. The summed E-state index contributed by atoms with van der Waals surface area (Å²) < 4.78 is 5.49. The average Bonchev–Trinajstić information content (AvgIpc) is 2.78. The van der Waals surface area contributed by atoms with E-state index < -0.39 is 10.8 Å². The molecule has 1 N–H and O–H groups in total. The van der Waals surface area contributed by atoms with Crippen molar-refractivity contribution in [2.24, 2.45) is 0 Å². The molecule has 21 heavy (non-hydrogen) atoms. The minimum atomic E-state index is -0.611. The van der Waals surface area contributed by atoms with Crippen LogP contribution < -0.4 is 10.1 Å². The lowest BCUT2D eigenvalue weighted by molar-refractivity contribution is -0.384. The molecule has 9 heteroatoms. The lowest BCUT2D eigenvalue weighted by Gasteiger charge is -2.07. The van der Waals surface area contributed by atoms with Gasteiger partial charge in [0.2, 0.25) is 0 Å². The van der Waals surface area contributed by atoms with Crippen LogP contribution in [0.15, 0.2) is 24.3 Å². The Morgan fingerprint density at radius 1 is 1.38 bits per heavy atom. The van der Waals surface area contributed by atoms with Crippen LogP contribution in [0.25, 0.3) is 0 Å². The Morgan fingerprint density at radius 3 is 2.62 bits per heavy atom. The number of carbonyl (C=O) groups excluding carboxylic acids is 1. The first-order valence-corrected chi connectivity index (χ1v) is 7.08. The third-order valence-corrected chi connectivity index (χ3v) is 4.04. The molecular weight excluding hydrogens is 339 g/mol. The van der Waals surface area contributed by atoms with E-state index in [1.54, 1.807) is 0 Å². The van der Waals surface area contributed by atoms with Crippen molar-refractivity contribution in [3.8, 4) is 5.75 Å². The highest BCUT2D eigenvalue weighted by molar-refractivity contribution is 7.20. The Morgan fingerprint density at radius 2 is 2.10 bits per heavy atom. The maximum Gasteiger partial charge on any atom is 0.296 e. The van der Waals surface area contributed by atoms with Crippen molar-refractivity contribution in [2.75, 3.05) is 12.4 Å². The number of amides is 1. The Kier molecular flexibility index (Phi) is 4.66. The summed E-state index contributed by atoms with van der Waals surface area (Å²) in [7, 11) is 1.39. The van der Waals surface area contributed by atoms with Gasteiger partial charge in [0.25, 0.3) is 11.6 Å². The van der Waals surface area contributed by atoms with Crippen molar-refractivity contribution in [1.82, 2.24) is 0 Å². The van der Waals surface area contributed by atoms with Gasteiger partial charge in [-0.1, -0.05) is 23.2 Å². The largest absolute Gasteiger partial charge is 0.496 e. The number of nitrogens with zero attached hydrogens (tertiary/aromatic N) is 1. The van der Waals surface area contributed by atoms with Crippen LogP contribution in [-0.4, -0.2) is 17.9 Å². The van der Waals surface area contributed by atoms with Gasteiger partial charge in [0.1, 0.15) is 15.8 Å². The van der Waals surface area contributed by atoms with E-state index in [1.807, 2.05) is 0 Å². The first-order chi connectivity index (χ1) is 9.92. The number of methoxy groups -OCH3 is 1. The zero-order valence-corrected chi connectivity index (χ0v) is 12.9. The quantitative estimate of drug-likeness (QED) is 0.663. The zero-order chi connectivity index (χ0) is 15.6. The smallest absolute Gasteiger partial charge is 0.296 e. The highest BCUT2D eigenvalue weighted by Gasteiger charge is 2.20. The molecule has 0 bridgehead atoms. The topological polar surface area (TPSA) is 81.5 Å². The second kappa shape index (κ2) is 6.30. The normalized spacial score (nSPS) is 10.2. The fourth-order valence-electron chi connectivity index (χ4n) is 1.58. The van der Waals surface area contributed by atoms with E-state index in [4.69, 9.17) is 27.9 Å². The molecule has 0 fully saturated rings. The average molecular weight is 347 g/mol. The summed E-state index contributed by atoms with van der Waals surface area (Å²) in [6.07, 6.45) is 0. The van der Waals surface area contributed by atoms with Crippen molar-refractivity contribution >= 4 is 51.8 Å². The molecule has 0 aliphatic heterocycles. The molecule has 0 atom stereocenters. The van der Waals surface area contributed by atoms with Crippen LogP contribution in [-0.2, 0) is 0 Å². The monoisotopic (exact) mass is 346 g/mol. The predicted octanol–water partition coefficient (Wildman–Crippen LogP) is 4.22. The van der Waals surface area contributed by atoms with Crippen molar-refractivity contribution in [3.63, 3.8) is 0 Å². The molecule has 0 aliphatic carbocycles. The van der Waals surface area contributed by atoms with E-state index in [0.717, 1.165) is 11.3 Å². The summed E-state index contributed by atoms with van der Waals surface area (Å²) in [5, 5.41) is 13.5. The highest BCUT2D eigenvalue weighted by atomic mass is 35.5. The Hall–Kier alpha value is -1.83. The Bertz CT molecular complexity index is 717. The number of carbonyl (C=O) groups is 1. The third-order valence-electron chi connectivity index (χ3n) is 2.55. The summed E-state index contributed by atoms with van der Waals surface area (Å²) in [5.41, 5.74) is -0.0684. The number of anilines is 1. The number of nitrogens with one attached hydrogen (secondary N) is 1. The van der Waals surface area contributed by atoms with Crippen LogP contribution in [0.1, 0.15) is 10.4 Å². The first kappa shape index (κ1) is 15.6. The van der Waals surface area contributed by atoms with Crippen LogP contribution in [0.3, 0.4) is 0 Å². The van der Waals surface area contributed by atoms with E-state index in [1.165, 1.54) is 31.4 Å². The molecule has 6 nitrogen and oxygen atoms in total.